The third-order valence-corrected chi connectivity index (χ3v) is 5.17. The van der Waals surface area contributed by atoms with Gasteiger partial charge in [-0.25, -0.2) is 9.97 Å². The molecule has 9 heteroatoms. The lowest BCUT2D eigenvalue weighted by Crippen LogP contribution is -2.43. The molecule has 2 atom stereocenters. The van der Waals surface area contributed by atoms with E-state index in [1.807, 2.05) is 0 Å². The zero-order chi connectivity index (χ0) is 17.5. The first kappa shape index (κ1) is 15.7. The van der Waals surface area contributed by atoms with Gasteiger partial charge < -0.3 is 24.8 Å². The molecule has 0 aliphatic carbocycles. The highest BCUT2D eigenvalue weighted by atomic mass is 16.5. The molecule has 1 amide bonds. The number of carbonyl (C=O) groups is 1. The molecular formula is C17H20N6O3. The van der Waals surface area contributed by atoms with E-state index in [0.717, 1.165) is 44.7 Å². The van der Waals surface area contributed by atoms with E-state index in [4.69, 9.17) is 9.26 Å². The van der Waals surface area contributed by atoms with Crippen LogP contribution in [0, 0.1) is 0 Å². The van der Waals surface area contributed by atoms with Gasteiger partial charge in [0, 0.05) is 38.2 Å². The van der Waals surface area contributed by atoms with Gasteiger partial charge in [0.25, 0.3) is 5.91 Å². The van der Waals surface area contributed by atoms with E-state index in [1.165, 1.54) is 0 Å². The van der Waals surface area contributed by atoms with Gasteiger partial charge in [-0.2, -0.15) is 0 Å². The van der Waals surface area contributed by atoms with Crippen molar-refractivity contribution in [2.45, 2.75) is 31.0 Å². The lowest BCUT2D eigenvalue weighted by molar-refractivity contribution is 0.0299. The molecule has 5 heterocycles. The van der Waals surface area contributed by atoms with Crippen LogP contribution in [-0.4, -0.2) is 59.4 Å². The maximum absolute atomic E-state index is 12.3. The minimum atomic E-state index is -0.350. The van der Waals surface area contributed by atoms with Gasteiger partial charge in [-0.3, -0.25) is 4.79 Å². The van der Waals surface area contributed by atoms with Crippen molar-refractivity contribution >= 4 is 17.5 Å². The van der Waals surface area contributed by atoms with Crippen molar-refractivity contribution in [3.8, 4) is 0 Å². The van der Waals surface area contributed by atoms with Gasteiger partial charge in [0.2, 0.25) is 11.7 Å². The van der Waals surface area contributed by atoms with Crippen molar-refractivity contribution in [1.82, 2.24) is 20.4 Å². The number of ether oxygens (including phenoxy) is 1. The second kappa shape index (κ2) is 6.33. The van der Waals surface area contributed by atoms with Gasteiger partial charge in [0.1, 0.15) is 0 Å². The summed E-state index contributed by atoms with van der Waals surface area (Å²) in [5.41, 5.74) is 1.33. The van der Waals surface area contributed by atoms with Gasteiger partial charge in [0.15, 0.2) is 0 Å². The number of morpholine rings is 1. The topological polar surface area (TPSA) is 105 Å². The number of hydrogen-bond acceptors (Lipinski definition) is 8. The van der Waals surface area contributed by atoms with Crippen molar-refractivity contribution < 1.29 is 14.1 Å². The average molecular weight is 356 g/mol. The third-order valence-electron chi connectivity index (χ3n) is 5.17. The van der Waals surface area contributed by atoms with E-state index in [0.29, 0.717) is 17.6 Å². The molecule has 2 aromatic heterocycles. The highest BCUT2D eigenvalue weighted by molar-refractivity contribution is 6.02. The monoisotopic (exact) mass is 356 g/mol. The van der Waals surface area contributed by atoms with Gasteiger partial charge in [-0.05, 0) is 12.8 Å². The van der Waals surface area contributed by atoms with Crippen LogP contribution in [0.3, 0.4) is 0 Å². The fourth-order valence-electron chi connectivity index (χ4n) is 3.61. The molecule has 2 N–H and O–H groups in total. The molecular weight excluding hydrogens is 336 g/mol. The maximum Gasteiger partial charge on any atom is 0.294 e. The Balaban J connectivity index is 1.23. The molecule has 2 unspecified atom stereocenters. The zero-order valence-electron chi connectivity index (χ0n) is 14.2. The molecule has 3 fully saturated rings. The summed E-state index contributed by atoms with van der Waals surface area (Å²) in [4.78, 5) is 23.2. The van der Waals surface area contributed by atoms with Crippen LogP contribution in [0.25, 0.3) is 0 Å². The van der Waals surface area contributed by atoms with E-state index in [1.54, 1.807) is 18.5 Å². The van der Waals surface area contributed by atoms with Crippen LogP contribution in [0.1, 0.15) is 35.0 Å². The summed E-state index contributed by atoms with van der Waals surface area (Å²) in [6.45, 7) is 3.37. The number of carbonyl (C=O) groups excluding carboxylic acids is 1. The van der Waals surface area contributed by atoms with Gasteiger partial charge in [-0.1, -0.05) is 5.16 Å². The third kappa shape index (κ3) is 2.93. The van der Waals surface area contributed by atoms with Gasteiger partial charge in [-0.15, -0.1) is 0 Å². The molecule has 0 aromatic carbocycles. The van der Waals surface area contributed by atoms with Crippen LogP contribution in [0.15, 0.2) is 23.0 Å². The lowest BCUT2D eigenvalue weighted by Gasteiger charge is -2.32. The summed E-state index contributed by atoms with van der Waals surface area (Å²) < 4.78 is 11.0. The molecule has 3 saturated heterocycles. The Labute approximate surface area is 150 Å². The average Bonchev–Trinajstić information content (AvgIpc) is 3.21. The fourth-order valence-corrected chi connectivity index (χ4v) is 3.61. The predicted molar refractivity (Wildman–Crippen MR) is 92.2 cm³/mol. The zero-order valence-corrected chi connectivity index (χ0v) is 14.2. The van der Waals surface area contributed by atoms with Crippen molar-refractivity contribution in [3.05, 3.63) is 29.9 Å². The Hall–Kier alpha value is -2.52. The Morgan fingerprint density at radius 2 is 1.92 bits per heavy atom. The van der Waals surface area contributed by atoms with Crippen LogP contribution in [-0.2, 0) is 4.74 Å². The number of anilines is 2. The molecule has 136 valence electrons. The van der Waals surface area contributed by atoms with Crippen LogP contribution in [0.2, 0.25) is 0 Å². The fraction of sp³-hybridized carbons (Fsp3) is 0.529. The smallest absolute Gasteiger partial charge is 0.294 e. The van der Waals surface area contributed by atoms with E-state index in [2.05, 4.69) is 30.7 Å². The number of fused-ring (bicyclic) bond motifs is 2. The quantitative estimate of drug-likeness (QED) is 0.828. The number of amides is 1. The summed E-state index contributed by atoms with van der Waals surface area (Å²) in [5.74, 6) is 0.840. The number of nitrogens with zero attached hydrogens (tertiary/aromatic N) is 4. The van der Waals surface area contributed by atoms with Crippen LogP contribution in [0.5, 0.6) is 0 Å². The van der Waals surface area contributed by atoms with Crippen LogP contribution in [0.4, 0.5) is 11.6 Å². The Morgan fingerprint density at radius 3 is 2.58 bits per heavy atom. The van der Waals surface area contributed by atoms with Crippen molar-refractivity contribution in [3.63, 3.8) is 0 Å². The van der Waals surface area contributed by atoms with Crippen molar-refractivity contribution in [2.75, 3.05) is 36.4 Å². The second-order valence-corrected chi connectivity index (χ2v) is 7.06. The SMILES string of the molecule is O=C(Nc1cnc(N2CC3CCC(C2)O3)nc1)c1cc(C2CNC2)no1. The highest BCUT2D eigenvalue weighted by Gasteiger charge is 2.34. The molecule has 0 radical (unpaired) electrons. The van der Waals surface area contributed by atoms with Gasteiger partial charge in [0.05, 0.1) is 36.0 Å². The van der Waals surface area contributed by atoms with E-state index < -0.39 is 0 Å². The summed E-state index contributed by atoms with van der Waals surface area (Å²) in [6, 6.07) is 1.69. The molecule has 9 nitrogen and oxygen atoms in total. The van der Waals surface area contributed by atoms with E-state index in [9.17, 15) is 4.79 Å². The second-order valence-electron chi connectivity index (χ2n) is 7.06. The van der Waals surface area contributed by atoms with E-state index in [-0.39, 0.29) is 23.9 Å². The molecule has 5 rings (SSSR count). The summed E-state index contributed by atoms with van der Waals surface area (Å²) in [5, 5.41) is 9.89. The number of rotatable bonds is 4. The first-order valence-electron chi connectivity index (χ1n) is 8.96. The molecule has 0 spiro atoms. The molecule has 0 saturated carbocycles. The highest BCUT2D eigenvalue weighted by Crippen LogP contribution is 2.28. The number of nitrogens with one attached hydrogen (secondary N) is 2. The molecule has 2 bridgehead atoms. The van der Waals surface area contributed by atoms with Crippen molar-refractivity contribution in [2.24, 2.45) is 0 Å². The number of aromatic nitrogens is 3. The lowest BCUT2D eigenvalue weighted by atomic mass is 9.99. The van der Waals surface area contributed by atoms with Gasteiger partial charge >= 0.3 is 0 Å². The van der Waals surface area contributed by atoms with Crippen molar-refractivity contribution in [1.29, 1.82) is 0 Å². The van der Waals surface area contributed by atoms with Crippen LogP contribution >= 0.6 is 0 Å². The Morgan fingerprint density at radius 1 is 1.19 bits per heavy atom. The summed E-state index contributed by atoms with van der Waals surface area (Å²) in [7, 11) is 0. The number of hydrogen-bond donors (Lipinski definition) is 2. The first-order chi connectivity index (χ1) is 12.7. The van der Waals surface area contributed by atoms with Crippen LogP contribution < -0.4 is 15.5 Å². The first-order valence-corrected chi connectivity index (χ1v) is 8.96. The minimum absolute atomic E-state index is 0.195. The largest absolute Gasteiger partial charge is 0.371 e. The molecule has 3 aliphatic heterocycles. The molecule has 26 heavy (non-hydrogen) atoms. The normalized spacial score (nSPS) is 25.2. The minimum Gasteiger partial charge on any atom is -0.371 e. The molecule has 3 aliphatic rings. The molecule has 2 aromatic rings. The maximum atomic E-state index is 12.3. The van der Waals surface area contributed by atoms with E-state index >= 15 is 0 Å². The summed E-state index contributed by atoms with van der Waals surface area (Å²) >= 11 is 0. The predicted octanol–water partition coefficient (Wildman–Crippen LogP) is 0.771. The Kier molecular flexibility index (Phi) is 3.83. The summed E-state index contributed by atoms with van der Waals surface area (Å²) in [6.07, 6.45) is 6.00. The Bertz CT molecular complexity index is 791. The standard InChI is InChI=1S/C17H20N6O3/c24-16(15-3-14(22-26-15)10-4-18-5-10)21-11-6-19-17(20-7-11)23-8-12-1-2-13(9-23)25-12/h3,6-7,10,12-13,18H,1-2,4-5,8-9H2,(H,21,24).